The van der Waals surface area contributed by atoms with Crippen LogP contribution in [0.25, 0.3) is 0 Å². The molecule has 0 spiro atoms. The first-order valence-electron chi connectivity index (χ1n) is 7.87. The molecule has 0 aliphatic carbocycles. The summed E-state index contributed by atoms with van der Waals surface area (Å²) in [5, 5.41) is 5.38. The van der Waals surface area contributed by atoms with Crippen LogP contribution in [0.4, 0.5) is 0 Å². The molecule has 2 aromatic carbocycles. The van der Waals surface area contributed by atoms with Gasteiger partial charge in [-0.15, -0.1) is 0 Å². The van der Waals surface area contributed by atoms with Gasteiger partial charge in [-0.2, -0.15) is 5.10 Å². The zero-order valence-corrected chi connectivity index (χ0v) is 17.1. The van der Waals surface area contributed by atoms with Crippen molar-refractivity contribution >= 4 is 40.3 Å². The van der Waals surface area contributed by atoms with Crippen molar-refractivity contribution in [1.82, 2.24) is 4.41 Å². The lowest BCUT2D eigenvalue weighted by molar-refractivity contribution is 0.617. The highest BCUT2D eigenvalue weighted by Crippen LogP contribution is 2.25. The number of rotatable bonds is 4. The third-order valence-corrected chi connectivity index (χ3v) is 4.32. The summed E-state index contributed by atoms with van der Waals surface area (Å²) in [4.78, 5) is 1.10. The molecule has 2 aromatic rings. The number of benzene rings is 2. The molecule has 0 aliphatic rings. The van der Waals surface area contributed by atoms with E-state index >= 15 is 0 Å². The molecule has 0 atom stereocenters. The van der Waals surface area contributed by atoms with Crippen LogP contribution >= 0.6 is 35.1 Å². The first-order valence-corrected chi connectivity index (χ1v) is 9.39. The highest BCUT2D eigenvalue weighted by molar-refractivity contribution is 7.97. The number of hydrogen-bond acceptors (Lipinski definition) is 3. The van der Waals surface area contributed by atoms with Crippen LogP contribution < -0.4 is 0 Å². The summed E-state index contributed by atoms with van der Waals surface area (Å²) in [7, 11) is 1.86. The lowest BCUT2D eigenvalue weighted by atomic mass is 10.1. The van der Waals surface area contributed by atoms with Gasteiger partial charge in [0.1, 0.15) is 0 Å². The molecular formula is C19H24Cl2N2S. The summed E-state index contributed by atoms with van der Waals surface area (Å²) in [6.07, 6.45) is 1.25. The summed E-state index contributed by atoms with van der Waals surface area (Å²) >= 11 is 14.0. The second kappa shape index (κ2) is 10.7. The summed E-state index contributed by atoms with van der Waals surface area (Å²) in [5.41, 5.74) is 3.01. The number of aryl methyl sites for hydroxylation is 2. The van der Waals surface area contributed by atoms with Gasteiger partial charge in [-0.3, -0.25) is 0 Å². The van der Waals surface area contributed by atoms with E-state index in [0.29, 0.717) is 10.2 Å². The van der Waals surface area contributed by atoms with E-state index < -0.39 is 0 Å². The highest BCUT2D eigenvalue weighted by atomic mass is 35.5. The van der Waals surface area contributed by atoms with Crippen molar-refractivity contribution in [2.75, 3.05) is 7.05 Å². The normalized spacial score (nSPS) is 10.9. The average molecular weight is 383 g/mol. The smallest absolute Gasteiger partial charge is 0.159 e. The largest absolute Gasteiger partial charge is 0.236 e. The quantitative estimate of drug-likeness (QED) is 0.324. The lowest BCUT2D eigenvalue weighted by Gasteiger charge is -2.13. The van der Waals surface area contributed by atoms with Crippen LogP contribution in [0.3, 0.4) is 0 Å². The van der Waals surface area contributed by atoms with E-state index in [1.54, 1.807) is 4.41 Å². The predicted molar refractivity (Wildman–Crippen MR) is 109 cm³/mol. The lowest BCUT2D eigenvalue weighted by Crippen LogP contribution is -2.05. The van der Waals surface area contributed by atoms with Crippen molar-refractivity contribution in [2.24, 2.45) is 5.10 Å². The van der Waals surface area contributed by atoms with Crippen LogP contribution in [0.1, 0.15) is 37.0 Å². The van der Waals surface area contributed by atoms with Crippen LogP contribution in [0, 0.1) is 13.8 Å². The number of hydrogen-bond donors (Lipinski definition) is 0. The number of nitrogens with zero attached hydrogens (tertiary/aromatic N) is 2. The van der Waals surface area contributed by atoms with E-state index in [1.807, 2.05) is 32.2 Å². The SMILES string of the molecule is CCC.Cc1ccc(SN(C)/N=C(/Cl)c2c(C)cccc2Cl)cc1. The van der Waals surface area contributed by atoms with Gasteiger partial charge in [0, 0.05) is 29.5 Å². The molecule has 2 rings (SSSR count). The van der Waals surface area contributed by atoms with Gasteiger partial charge in [-0.05, 0) is 37.6 Å². The maximum Gasteiger partial charge on any atom is 0.159 e. The van der Waals surface area contributed by atoms with E-state index in [0.717, 1.165) is 16.0 Å². The second-order valence-corrected chi connectivity index (χ2v) is 7.35. The minimum atomic E-state index is 0.389. The molecule has 0 unspecified atom stereocenters. The molecule has 0 radical (unpaired) electrons. The Labute approximate surface area is 160 Å². The molecule has 0 amide bonds. The van der Waals surface area contributed by atoms with Crippen molar-refractivity contribution in [1.29, 1.82) is 0 Å². The predicted octanol–water partition coefficient (Wildman–Crippen LogP) is 6.91. The summed E-state index contributed by atoms with van der Waals surface area (Å²) in [5.74, 6) is 0. The molecule has 0 heterocycles. The monoisotopic (exact) mass is 382 g/mol. The van der Waals surface area contributed by atoms with Crippen molar-refractivity contribution < 1.29 is 0 Å². The Morgan fingerprint density at radius 1 is 1.08 bits per heavy atom. The number of halogens is 2. The third-order valence-electron chi connectivity index (χ3n) is 2.92. The fraction of sp³-hybridized carbons (Fsp3) is 0.316. The zero-order chi connectivity index (χ0) is 18.1. The van der Waals surface area contributed by atoms with Gasteiger partial charge in [0.25, 0.3) is 0 Å². The number of hydrazone groups is 1. The Kier molecular flexibility index (Phi) is 9.27. The van der Waals surface area contributed by atoms with E-state index in [2.05, 4.69) is 50.1 Å². The van der Waals surface area contributed by atoms with Gasteiger partial charge in [-0.1, -0.05) is 73.3 Å². The van der Waals surface area contributed by atoms with Gasteiger partial charge < -0.3 is 0 Å². The maximum absolute atomic E-state index is 6.31. The fourth-order valence-electron chi connectivity index (χ4n) is 1.84. The van der Waals surface area contributed by atoms with E-state index in [1.165, 1.54) is 23.9 Å². The third kappa shape index (κ3) is 6.76. The first kappa shape index (κ1) is 20.9. The van der Waals surface area contributed by atoms with E-state index in [4.69, 9.17) is 23.2 Å². The van der Waals surface area contributed by atoms with Gasteiger partial charge >= 0.3 is 0 Å². The van der Waals surface area contributed by atoms with Crippen molar-refractivity contribution in [2.45, 2.75) is 39.0 Å². The van der Waals surface area contributed by atoms with Crippen LogP contribution in [-0.2, 0) is 0 Å². The van der Waals surface area contributed by atoms with Crippen LogP contribution in [0.2, 0.25) is 5.02 Å². The molecular weight excluding hydrogens is 359 g/mol. The fourth-order valence-corrected chi connectivity index (χ4v) is 3.29. The van der Waals surface area contributed by atoms with Crippen molar-refractivity contribution in [3.63, 3.8) is 0 Å². The first-order chi connectivity index (χ1) is 11.4. The van der Waals surface area contributed by atoms with Gasteiger partial charge in [0.05, 0.1) is 5.02 Å². The molecule has 0 aliphatic heterocycles. The Morgan fingerprint density at radius 2 is 1.67 bits per heavy atom. The standard InChI is InChI=1S/C16H16Cl2N2S.C3H8/c1-11-7-9-13(10-8-11)21-20(3)19-16(18)15-12(2)5-4-6-14(15)17;1-3-2/h4-10H,1-3H3;3H2,1-2H3/b19-16+;. The molecule has 5 heteroatoms. The van der Waals surface area contributed by atoms with Crippen molar-refractivity contribution in [3.8, 4) is 0 Å². The maximum atomic E-state index is 6.31. The highest BCUT2D eigenvalue weighted by Gasteiger charge is 2.10. The molecule has 0 saturated carbocycles. The van der Waals surface area contributed by atoms with Crippen LogP contribution in [0.5, 0.6) is 0 Å². The summed E-state index contributed by atoms with van der Waals surface area (Å²) < 4.78 is 1.73. The van der Waals surface area contributed by atoms with E-state index in [9.17, 15) is 0 Å². The Bertz CT molecular complexity index is 649. The van der Waals surface area contributed by atoms with Crippen LogP contribution in [-0.4, -0.2) is 16.6 Å². The molecule has 0 bridgehead atoms. The molecule has 0 aromatic heterocycles. The van der Waals surface area contributed by atoms with Gasteiger partial charge in [-0.25, -0.2) is 4.41 Å². The topological polar surface area (TPSA) is 15.6 Å². The molecule has 2 nitrogen and oxygen atoms in total. The summed E-state index contributed by atoms with van der Waals surface area (Å²) in [6, 6.07) is 13.9. The minimum absolute atomic E-state index is 0.389. The zero-order valence-electron chi connectivity index (χ0n) is 14.8. The molecule has 130 valence electrons. The summed E-state index contributed by atoms with van der Waals surface area (Å²) in [6.45, 7) is 8.28. The molecule has 0 N–H and O–H groups in total. The average Bonchev–Trinajstić information content (AvgIpc) is 2.50. The molecule has 0 saturated heterocycles. The Morgan fingerprint density at radius 3 is 2.21 bits per heavy atom. The second-order valence-electron chi connectivity index (χ2n) is 5.40. The van der Waals surface area contributed by atoms with Gasteiger partial charge in [0.2, 0.25) is 0 Å². The van der Waals surface area contributed by atoms with Crippen LogP contribution in [0.15, 0.2) is 52.5 Å². The minimum Gasteiger partial charge on any atom is -0.236 e. The van der Waals surface area contributed by atoms with Gasteiger partial charge in [0.15, 0.2) is 5.17 Å². The van der Waals surface area contributed by atoms with E-state index in [-0.39, 0.29) is 0 Å². The molecule has 24 heavy (non-hydrogen) atoms. The Balaban J connectivity index is 0.000000891. The molecule has 0 fully saturated rings. The Hall–Kier alpha value is -1.16. The van der Waals surface area contributed by atoms with Crippen molar-refractivity contribution in [3.05, 3.63) is 64.2 Å².